The fourth-order valence-electron chi connectivity index (χ4n) is 6.39. The minimum Gasteiger partial charge on any atom is -0.490 e. The van der Waals surface area contributed by atoms with Crippen LogP contribution in [-0.2, 0) is 42.2 Å². The second-order valence-corrected chi connectivity index (χ2v) is 15.6. The van der Waals surface area contributed by atoms with Gasteiger partial charge in [-0.25, -0.2) is 8.42 Å². The molecule has 0 spiro atoms. The molecule has 5 atom stereocenters. The molecule has 0 amide bonds. The number of fused-ring (bicyclic) bond motifs is 1. The Morgan fingerprint density at radius 3 is 2.36 bits per heavy atom. The van der Waals surface area contributed by atoms with Gasteiger partial charge in [0.25, 0.3) is 0 Å². The summed E-state index contributed by atoms with van der Waals surface area (Å²) in [6.07, 6.45) is -0.165. The summed E-state index contributed by atoms with van der Waals surface area (Å²) >= 11 is 4.45. The zero-order chi connectivity index (χ0) is 35.7. The number of hydrogen-bond acceptors (Lipinski definition) is 10. The highest BCUT2D eigenvalue weighted by molar-refractivity contribution is 7.89. The first-order chi connectivity index (χ1) is 24.1. The van der Waals surface area contributed by atoms with Gasteiger partial charge in [0.2, 0.25) is 10.0 Å². The van der Waals surface area contributed by atoms with Crippen molar-refractivity contribution < 1.29 is 37.2 Å². The summed E-state index contributed by atoms with van der Waals surface area (Å²) in [5, 5.41) is 10.2. The van der Waals surface area contributed by atoms with Crippen LogP contribution >= 0.6 is 12.6 Å². The van der Waals surface area contributed by atoms with Gasteiger partial charge >= 0.3 is 0 Å². The molecule has 3 aromatic carbocycles. The van der Waals surface area contributed by atoms with Crippen LogP contribution in [0.15, 0.2) is 71.6 Å². The average Bonchev–Trinajstić information content (AvgIpc) is 3.12. The number of rotatable bonds is 17. The van der Waals surface area contributed by atoms with Gasteiger partial charge in [-0.05, 0) is 67.6 Å². The van der Waals surface area contributed by atoms with Crippen LogP contribution in [0.5, 0.6) is 5.75 Å². The Bertz CT molecular complexity index is 1600. The van der Waals surface area contributed by atoms with Crippen molar-refractivity contribution in [2.75, 3.05) is 58.0 Å². The maximum Gasteiger partial charge on any atom is 0.243 e. The summed E-state index contributed by atoms with van der Waals surface area (Å²) in [6.45, 7) is 9.54. The number of nitrogens with zero attached hydrogens (tertiary/aromatic N) is 2. The van der Waals surface area contributed by atoms with Crippen LogP contribution < -0.4 is 9.64 Å². The number of hydrogen-bond donors (Lipinski definition) is 2. The van der Waals surface area contributed by atoms with Crippen LogP contribution in [0.3, 0.4) is 0 Å². The van der Waals surface area contributed by atoms with Gasteiger partial charge in [-0.3, -0.25) is 0 Å². The van der Waals surface area contributed by atoms with Gasteiger partial charge in [-0.1, -0.05) is 55.0 Å². The zero-order valence-electron chi connectivity index (χ0n) is 29.6. The largest absolute Gasteiger partial charge is 0.490 e. The predicted octanol–water partition coefficient (Wildman–Crippen LogP) is 5.55. The summed E-state index contributed by atoms with van der Waals surface area (Å²) in [4.78, 5) is 2.53. The van der Waals surface area contributed by atoms with Gasteiger partial charge in [-0.2, -0.15) is 4.31 Å². The molecule has 0 saturated carbocycles. The lowest BCUT2D eigenvalue weighted by Gasteiger charge is -2.43. The first kappa shape index (κ1) is 38.5. The van der Waals surface area contributed by atoms with E-state index in [4.69, 9.17) is 23.7 Å². The number of thiol groups is 1. The maximum absolute atomic E-state index is 14.1. The molecule has 3 aromatic rings. The van der Waals surface area contributed by atoms with Crippen LogP contribution in [-0.4, -0.2) is 94.7 Å². The molecule has 50 heavy (non-hydrogen) atoms. The Balaban J connectivity index is 1.45. The van der Waals surface area contributed by atoms with Crippen molar-refractivity contribution >= 4 is 28.3 Å². The molecule has 0 aromatic heterocycles. The molecule has 1 N–H and O–H groups in total. The van der Waals surface area contributed by atoms with Crippen molar-refractivity contribution in [1.29, 1.82) is 0 Å². The number of piperidine rings is 1. The third kappa shape index (κ3) is 10.0. The smallest absolute Gasteiger partial charge is 0.243 e. The molecule has 2 heterocycles. The van der Waals surface area contributed by atoms with Crippen LogP contribution in [0.2, 0.25) is 0 Å². The number of benzene rings is 3. The number of methoxy groups -OCH3 is 1. The van der Waals surface area contributed by atoms with Crippen LogP contribution in [0.1, 0.15) is 54.9 Å². The quantitative estimate of drug-likeness (QED) is 0.105. The molecule has 0 aliphatic carbocycles. The molecular weight excluding hydrogens is 677 g/mol. The number of sulfonamides is 1. The summed E-state index contributed by atoms with van der Waals surface area (Å²) < 4.78 is 59.7. The van der Waals surface area contributed by atoms with Crippen molar-refractivity contribution in [2.45, 2.75) is 81.4 Å². The number of aliphatic hydroxyl groups is 1. The molecular formula is C38H52N2O8S2. The SMILES string of the molecule is CCC(S)OCc1ccc([C@@H]2[C@@H](OCc3ccc4c(c3)N(CCCOC)CCO4)CN(S(=O)(=O)c3ccc(C)cc3)C[C@H]2OCC(C)O)cc1. The Morgan fingerprint density at radius 1 is 0.980 bits per heavy atom. The maximum atomic E-state index is 14.1. The fourth-order valence-corrected chi connectivity index (χ4v) is 7.93. The van der Waals surface area contributed by atoms with Crippen LogP contribution in [0.4, 0.5) is 5.69 Å². The molecule has 0 bridgehead atoms. The van der Waals surface area contributed by atoms with Crippen LogP contribution in [0.25, 0.3) is 0 Å². The molecule has 1 fully saturated rings. The Hall–Kier alpha value is -2.68. The van der Waals surface area contributed by atoms with Gasteiger partial charge in [0, 0.05) is 39.3 Å². The monoisotopic (exact) mass is 728 g/mol. The lowest BCUT2D eigenvalue weighted by molar-refractivity contribution is -0.0916. The highest BCUT2D eigenvalue weighted by Crippen LogP contribution is 2.37. The molecule has 2 aliphatic rings. The molecule has 1 saturated heterocycles. The van der Waals surface area contributed by atoms with Gasteiger partial charge in [0.05, 0.1) is 55.3 Å². The third-order valence-electron chi connectivity index (χ3n) is 9.16. The first-order valence-electron chi connectivity index (χ1n) is 17.4. The second kappa shape index (κ2) is 18.2. The number of anilines is 1. The van der Waals surface area contributed by atoms with E-state index in [1.165, 1.54) is 4.31 Å². The van der Waals surface area contributed by atoms with Crippen molar-refractivity contribution in [3.63, 3.8) is 0 Å². The Labute approximate surface area is 303 Å². The van der Waals surface area contributed by atoms with E-state index in [2.05, 4.69) is 23.6 Å². The van der Waals surface area contributed by atoms with Crippen molar-refractivity contribution in [1.82, 2.24) is 4.31 Å². The van der Waals surface area contributed by atoms with E-state index >= 15 is 0 Å². The van der Waals surface area contributed by atoms with Crippen molar-refractivity contribution in [2.24, 2.45) is 0 Å². The molecule has 2 aliphatic heterocycles. The number of ether oxygens (including phenoxy) is 5. The summed E-state index contributed by atoms with van der Waals surface area (Å²) in [7, 11) is -2.16. The second-order valence-electron chi connectivity index (χ2n) is 13.1. The highest BCUT2D eigenvalue weighted by Gasteiger charge is 2.43. The zero-order valence-corrected chi connectivity index (χ0v) is 31.3. The molecule has 5 rings (SSSR count). The normalized spacial score (nSPS) is 21.0. The van der Waals surface area contributed by atoms with E-state index in [9.17, 15) is 13.5 Å². The molecule has 2 unspecified atom stereocenters. The third-order valence-corrected chi connectivity index (χ3v) is 11.5. The van der Waals surface area contributed by atoms with E-state index in [1.807, 2.05) is 50.2 Å². The van der Waals surface area contributed by atoms with Gasteiger partial charge in [-0.15, -0.1) is 12.6 Å². The van der Waals surface area contributed by atoms with E-state index in [0.717, 1.165) is 59.6 Å². The number of aryl methyl sites for hydroxylation is 1. The Kier molecular flexibility index (Phi) is 14.0. The molecule has 0 radical (unpaired) electrons. The minimum atomic E-state index is -3.87. The predicted molar refractivity (Wildman–Crippen MR) is 198 cm³/mol. The van der Waals surface area contributed by atoms with E-state index in [1.54, 1.807) is 38.3 Å². The highest BCUT2D eigenvalue weighted by atomic mass is 32.2. The van der Waals surface area contributed by atoms with Crippen molar-refractivity contribution in [3.05, 3.63) is 89.0 Å². The van der Waals surface area contributed by atoms with E-state index < -0.39 is 28.3 Å². The fraction of sp³-hybridized carbons (Fsp3) is 0.526. The summed E-state index contributed by atoms with van der Waals surface area (Å²) in [6, 6.07) is 21.1. The summed E-state index contributed by atoms with van der Waals surface area (Å²) in [5.74, 6) is 0.523. The first-order valence-corrected chi connectivity index (χ1v) is 19.4. The van der Waals surface area contributed by atoms with Gasteiger partial charge < -0.3 is 33.7 Å². The van der Waals surface area contributed by atoms with Gasteiger partial charge in [0.15, 0.2) is 0 Å². The molecule has 10 nitrogen and oxygen atoms in total. The summed E-state index contributed by atoms with van der Waals surface area (Å²) in [5.41, 5.74) is 4.77. The van der Waals surface area contributed by atoms with Crippen molar-refractivity contribution in [3.8, 4) is 5.75 Å². The van der Waals surface area contributed by atoms with E-state index in [0.29, 0.717) is 19.8 Å². The standard InChI is InChI=1S/C38H52N2O8S2/c1-5-37(49)48-25-29-9-12-31(13-10-29)38-35(46-24-28(3)41)22-40(50(42,43)32-14-7-27(2)8-15-32)23-36(38)47-26-30-11-16-34-33(21-30)39(18-20-45-34)17-6-19-44-4/h7-16,21,28,35-38,41,49H,5-6,17-20,22-26H2,1-4H3/t28?,35-,36+,37?,38+/m1/s1. The lowest BCUT2D eigenvalue weighted by Crippen LogP contribution is -2.54. The van der Waals surface area contributed by atoms with Gasteiger partial charge in [0.1, 0.15) is 17.8 Å². The van der Waals surface area contributed by atoms with E-state index in [-0.39, 0.29) is 42.6 Å². The average molecular weight is 729 g/mol. The Morgan fingerprint density at radius 2 is 1.68 bits per heavy atom. The van der Waals surface area contributed by atoms with Crippen LogP contribution in [0, 0.1) is 6.92 Å². The minimum absolute atomic E-state index is 0.0578. The molecule has 12 heteroatoms. The molecule has 274 valence electrons. The topological polar surface area (TPSA) is 107 Å². The number of aliphatic hydroxyl groups excluding tert-OH is 1. The lowest BCUT2D eigenvalue weighted by atomic mass is 9.85.